The van der Waals surface area contributed by atoms with Crippen molar-refractivity contribution in [2.24, 2.45) is 0 Å². The first-order valence-electron chi connectivity index (χ1n) is 5.86. The molecule has 0 aliphatic rings. The fraction of sp³-hybridized carbons (Fsp3) is 0.143. The van der Waals surface area contributed by atoms with Crippen LogP contribution in [-0.2, 0) is 6.18 Å². The number of pyridine rings is 1. The van der Waals surface area contributed by atoms with E-state index < -0.39 is 45.6 Å². The predicted octanol–water partition coefficient (Wildman–Crippen LogP) is 3.52. The highest BCUT2D eigenvalue weighted by molar-refractivity contribution is 5.72. The minimum absolute atomic E-state index is 0.148. The van der Waals surface area contributed by atoms with Gasteiger partial charge in [0.15, 0.2) is 0 Å². The molecule has 2 aromatic rings. The van der Waals surface area contributed by atoms with Crippen molar-refractivity contribution in [3.8, 4) is 17.2 Å². The van der Waals surface area contributed by atoms with Crippen molar-refractivity contribution in [2.75, 3.05) is 0 Å². The lowest BCUT2D eigenvalue weighted by atomic mass is 9.97. The molecule has 22 heavy (non-hydrogen) atoms. The van der Waals surface area contributed by atoms with Gasteiger partial charge in [0.2, 0.25) is 0 Å². The van der Waals surface area contributed by atoms with Gasteiger partial charge in [-0.3, -0.25) is 4.79 Å². The van der Waals surface area contributed by atoms with E-state index in [2.05, 4.69) is 4.98 Å². The number of alkyl halides is 3. The highest BCUT2D eigenvalue weighted by Gasteiger charge is 2.36. The van der Waals surface area contributed by atoms with E-state index >= 15 is 0 Å². The Bertz CT molecular complexity index is 846. The van der Waals surface area contributed by atoms with Crippen molar-refractivity contribution in [1.82, 2.24) is 4.98 Å². The Labute approximate surface area is 120 Å². The summed E-state index contributed by atoms with van der Waals surface area (Å²) in [7, 11) is 0. The molecule has 8 heteroatoms. The summed E-state index contributed by atoms with van der Waals surface area (Å²) in [5, 5.41) is 8.93. The number of aromatic nitrogens is 1. The van der Waals surface area contributed by atoms with E-state index in [0.717, 1.165) is 6.07 Å². The molecule has 0 aliphatic heterocycles. The molecule has 0 fully saturated rings. The Balaban J connectivity index is 2.91. The Morgan fingerprint density at radius 3 is 2.41 bits per heavy atom. The second-order valence-electron chi connectivity index (χ2n) is 4.46. The molecular formula is C14H7F5N2O. The van der Waals surface area contributed by atoms with Gasteiger partial charge in [-0.2, -0.15) is 18.4 Å². The average molecular weight is 314 g/mol. The zero-order valence-electron chi connectivity index (χ0n) is 11.0. The quantitative estimate of drug-likeness (QED) is 0.819. The molecule has 0 saturated carbocycles. The SMILES string of the molecule is Cc1cc(-c2c(F)ccc(C(F)(F)F)c2F)c(C#N)c(=O)[nH]1. The summed E-state index contributed by atoms with van der Waals surface area (Å²) in [6, 6.07) is 3.19. The molecule has 0 saturated heterocycles. The highest BCUT2D eigenvalue weighted by Crippen LogP contribution is 2.37. The Hall–Kier alpha value is -2.69. The predicted molar refractivity (Wildman–Crippen MR) is 66.9 cm³/mol. The zero-order valence-corrected chi connectivity index (χ0v) is 11.0. The van der Waals surface area contributed by atoms with E-state index in [4.69, 9.17) is 5.26 Å². The lowest BCUT2D eigenvalue weighted by molar-refractivity contribution is -0.139. The molecule has 1 aromatic heterocycles. The standard InChI is InChI=1S/C14H7F5N2O/c1-6-4-7(8(5-20)13(22)21-6)11-10(15)3-2-9(12(11)16)14(17,18)19/h2-4H,1H3,(H,21,22). The van der Waals surface area contributed by atoms with Crippen molar-refractivity contribution in [3.63, 3.8) is 0 Å². The second kappa shape index (κ2) is 5.26. The van der Waals surface area contributed by atoms with Crippen LogP contribution in [0.4, 0.5) is 22.0 Å². The minimum Gasteiger partial charge on any atom is -0.325 e. The Morgan fingerprint density at radius 2 is 1.86 bits per heavy atom. The van der Waals surface area contributed by atoms with Gasteiger partial charge in [-0.25, -0.2) is 8.78 Å². The van der Waals surface area contributed by atoms with Crippen LogP contribution in [0.1, 0.15) is 16.8 Å². The van der Waals surface area contributed by atoms with Crippen LogP contribution in [0.3, 0.4) is 0 Å². The number of rotatable bonds is 1. The first-order valence-corrected chi connectivity index (χ1v) is 5.86. The minimum atomic E-state index is -5.03. The fourth-order valence-electron chi connectivity index (χ4n) is 2.02. The van der Waals surface area contributed by atoms with E-state index in [1.165, 1.54) is 13.0 Å². The highest BCUT2D eigenvalue weighted by atomic mass is 19.4. The van der Waals surface area contributed by atoms with E-state index in [0.29, 0.717) is 6.07 Å². The van der Waals surface area contributed by atoms with Crippen molar-refractivity contribution in [2.45, 2.75) is 13.1 Å². The number of aromatic amines is 1. The van der Waals surface area contributed by atoms with Crippen molar-refractivity contribution in [1.29, 1.82) is 5.26 Å². The normalized spacial score (nSPS) is 11.3. The van der Waals surface area contributed by atoms with E-state index in [9.17, 15) is 26.7 Å². The van der Waals surface area contributed by atoms with Crippen LogP contribution in [-0.4, -0.2) is 4.98 Å². The van der Waals surface area contributed by atoms with Crippen LogP contribution < -0.4 is 5.56 Å². The molecule has 3 nitrogen and oxygen atoms in total. The van der Waals surface area contributed by atoms with Gasteiger partial charge < -0.3 is 4.98 Å². The van der Waals surface area contributed by atoms with Gasteiger partial charge in [0.25, 0.3) is 5.56 Å². The third-order valence-corrected chi connectivity index (χ3v) is 2.95. The Kier molecular flexibility index (Phi) is 3.75. The van der Waals surface area contributed by atoms with E-state index in [-0.39, 0.29) is 11.8 Å². The van der Waals surface area contributed by atoms with Crippen LogP contribution in [0, 0.1) is 29.9 Å². The van der Waals surface area contributed by atoms with Crippen LogP contribution in [0.2, 0.25) is 0 Å². The number of aryl methyl sites for hydroxylation is 1. The summed E-state index contributed by atoms with van der Waals surface area (Å²) in [6.45, 7) is 1.37. The largest absolute Gasteiger partial charge is 0.419 e. The zero-order chi connectivity index (χ0) is 16.7. The van der Waals surface area contributed by atoms with E-state index in [1.807, 2.05) is 0 Å². The third-order valence-electron chi connectivity index (χ3n) is 2.95. The van der Waals surface area contributed by atoms with Gasteiger partial charge in [-0.05, 0) is 25.1 Å². The number of hydrogen-bond donors (Lipinski definition) is 1. The molecule has 1 heterocycles. The fourth-order valence-corrected chi connectivity index (χ4v) is 2.02. The maximum Gasteiger partial charge on any atom is 0.419 e. The molecule has 0 atom stereocenters. The second-order valence-corrected chi connectivity index (χ2v) is 4.46. The van der Waals surface area contributed by atoms with Crippen molar-refractivity contribution < 1.29 is 22.0 Å². The first kappa shape index (κ1) is 15.7. The maximum atomic E-state index is 14.1. The Morgan fingerprint density at radius 1 is 1.23 bits per heavy atom. The molecule has 114 valence electrons. The summed E-state index contributed by atoms with van der Waals surface area (Å²) < 4.78 is 66.1. The van der Waals surface area contributed by atoms with E-state index in [1.54, 1.807) is 0 Å². The smallest absolute Gasteiger partial charge is 0.325 e. The first-order chi connectivity index (χ1) is 10.2. The average Bonchev–Trinajstić information content (AvgIpc) is 2.36. The third kappa shape index (κ3) is 2.57. The molecule has 0 unspecified atom stereocenters. The molecule has 2 rings (SSSR count). The maximum absolute atomic E-state index is 14.1. The number of hydrogen-bond acceptors (Lipinski definition) is 2. The van der Waals surface area contributed by atoms with Gasteiger partial charge in [-0.1, -0.05) is 0 Å². The molecule has 0 spiro atoms. The summed E-state index contributed by atoms with van der Waals surface area (Å²) in [5.74, 6) is -3.17. The van der Waals surface area contributed by atoms with Crippen LogP contribution in [0.5, 0.6) is 0 Å². The number of nitrogens with zero attached hydrogens (tertiary/aromatic N) is 1. The van der Waals surface area contributed by atoms with Gasteiger partial charge in [0, 0.05) is 11.3 Å². The van der Waals surface area contributed by atoms with Crippen molar-refractivity contribution >= 4 is 0 Å². The number of H-pyrrole nitrogens is 1. The lowest BCUT2D eigenvalue weighted by Gasteiger charge is -2.13. The lowest BCUT2D eigenvalue weighted by Crippen LogP contribution is -2.15. The van der Waals surface area contributed by atoms with Gasteiger partial charge >= 0.3 is 6.18 Å². The molecule has 1 aromatic carbocycles. The number of nitriles is 1. The molecule has 0 radical (unpaired) electrons. The van der Waals surface area contributed by atoms with Crippen LogP contribution >= 0.6 is 0 Å². The van der Waals surface area contributed by atoms with Gasteiger partial charge in [0.05, 0.1) is 11.1 Å². The number of benzene rings is 1. The summed E-state index contributed by atoms with van der Waals surface area (Å²) >= 11 is 0. The molecule has 0 amide bonds. The van der Waals surface area contributed by atoms with Crippen molar-refractivity contribution in [3.05, 3.63) is 57.0 Å². The molecular weight excluding hydrogens is 307 g/mol. The number of halogens is 5. The van der Waals surface area contributed by atoms with Gasteiger partial charge in [0.1, 0.15) is 23.3 Å². The topological polar surface area (TPSA) is 56.6 Å². The van der Waals surface area contributed by atoms with Gasteiger partial charge in [-0.15, -0.1) is 0 Å². The monoisotopic (exact) mass is 314 g/mol. The number of nitrogens with one attached hydrogen (secondary N) is 1. The van der Waals surface area contributed by atoms with Crippen LogP contribution in [0.15, 0.2) is 23.0 Å². The summed E-state index contributed by atoms with van der Waals surface area (Å²) in [6.07, 6.45) is -5.03. The molecule has 1 N–H and O–H groups in total. The van der Waals surface area contributed by atoms with Crippen LogP contribution in [0.25, 0.3) is 11.1 Å². The summed E-state index contributed by atoms with van der Waals surface area (Å²) in [5.41, 5.74) is -4.71. The molecule has 0 aliphatic carbocycles. The molecule has 0 bridgehead atoms. The summed E-state index contributed by atoms with van der Waals surface area (Å²) in [4.78, 5) is 13.9.